The number of aromatic nitrogens is 2. The van der Waals surface area contributed by atoms with Crippen LogP contribution >= 0.6 is 0 Å². The van der Waals surface area contributed by atoms with Crippen LogP contribution in [0.2, 0.25) is 0 Å². The Morgan fingerprint density at radius 3 is 2.33 bits per heavy atom. The van der Waals surface area contributed by atoms with Gasteiger partial charge < -0.3 is 15.2 Å². The average molecular weight is 620 g/mol. The van der Waals surface area contributed by atoms with Gasteiger partial charge in [-0.2, -0.15) is 0 Å². The molecule has 0 bridgehead atoms. The van der Waals surface area contributed by atoms with E-state index in [0.717, 1.165) is 73.8 Å². The molecule has 3 aromatic rings. The second-order valence-corrected chi connectivity index (χ2v) is 13.9. The van der Waals surface area contributed by atoms with Gasteiger partial charge in [-0.05, 0) is 73.1 Å². The van der Waals surface area contributed by atoms with Gasteiger partial charge in [0, 0.05) is 17.3 Å². The van der Waals surface area contributed by atoms with Crippen LogP contribution in [0.25, 0.3) is 22.4 Å². The fourth-order valence-electron chi connectivity index (χ4n) is 7.02. The van der Waals surface area contributed by atoms with Crippen LogP contribution in [0.3, 0.4) is 0 Å². The standard InChI is InChI=1S/C35H46FN5O4/c1-35(2,3)31(39-33(43)25(21-40(45)22-42)19-23-9-7-8-10-23)34(44)37-27-17-18-30-29(20-27)38-32(24-13-15-26(36)16-14-24)41(30)28-11-5-4-6-12-28/h13-18,20,22-23,25,28,31,45H,4-12,19,21H2,1-3H3,(H,37,44)(H,39,43)/t25-,31-/m1/s1. The van der Waals surface area contributed by atoms with Crippen LogP contribution < -0.4 is 10.6 Å². The monoisotopic (exact) mass is 619 g/mol. The van der Waals surface area contributed by atoms with Crippen molar-refractivity contribution in [2.75, 3.05) is 11.9 Å². The molecule has 2 aromatic carbocycles. The molecule has 3 N–H and O–H groups in total. The summed E-state index contributed by atoms with van der Waals surface area (Å²) in [7, 11) is 0. The zero-order valence-corrected chi connectivity index (χ0v) is 26.6. The van der Waals surface area contributed by atoms with E-state index in [9.17, 15) is 24.0 Å². The van der Waals surface area contributed by atoms with Crippen molar-refractivity contribution in [1.29, 1.82) is 0 Å². The number of carbonyl (C=O) groups is 3. The van der Waals surface area contributed by atoms with E-state index in [1.807, 2.05) is 39.0 Å². The average Bonchev–Trinajstić information content (AvgIpc) is 3.67. The SMILES string of the molecule is CC(C)(C)[C@H](NC(=O)[C@H](CC1CCCC1)CN(O)C=O)C(=O)Nc1ccc2c(c1)nc(-c1ccc(F)cc1)n2C1CCCCC1. The highest BCUT2D eigenvalue weighted by Gasteiger charge is 2.36. The highest BCUT2D eigenvalue weighted by Crippen LogP contribution is 2.37. The number of halogens is 1. The van der Waals surface area contributed by atoms with Crippen molar-refractivity contribution < 1.29 is 24.0 Å². The number of hydrogen-bond donors (Lipinski definition) is 3. The van der Waals surface area contributed by atoms with Crippen molar-refractivity contribution in [2.45, 2.75) is 97.1 Å². The third kappa shape index (κ3) is 7.90. The molecule has 0 aliphatic heterocycles. The maximum atomic E-state index is 13.8. The van der Waals surface area contributed by atoms with Crippen LogP contribution in [0.1, 0.15) is 91.0 Å². The zero-order valence-electron chi connectivity index (χ0n) is 26.6. The molecular weight excluding hydrogens is 573 g/mol. The Balaban J connectivity index is 1.39. The van der Waals surface area contributed by atoms with E-state index < -0.39 is 17.4 Å². The molecule has 2 aliphatic rings. The minimum Gasteiger partial charge on any atom is -0.343 e. The van der Waals surface area contributed by atoms with Gasteiger partial charge in [-0.3, -0.25) is 19.6 Å². The maximum absolute atomic E-state index is 13.8. The van der Waals surface area contributed by atoms with E-state index in [2.05, 4.69) is 15.2 Å². The summed E-state index contributed by atoms with van der Waals surface area (Å²) in [5, 5.41) is 16.4. The van der Waals surface area contributed by atoms with Crippen molar-refractivity contribution in [3.8, 4) is 11.4 Å². The molecule has 45 heavy (non-hydrogen) atoms. The first-order valence-corrected chi connectivity index (χ1v) is 16.3. The van der Waals surface area contributed by atoms with Crippen LogP contribution in [-0.2, 0) is 14.4 Å². The predicted molar refractivity (Wildman–Crippen MR) is 172 cm³/mol. The van der Waals surface area contributed by atoms with Crippen molar-refractivity contribution in [1.82, 2.24) is 19.9 Å². The molecule has 0 unspecified atom stereocenters. The molecule has 0 spiro atoms. The molecule has 0 radical (unpaired) electrons. The summed E-state index contributed by atoms with van der Waals surface area (Å²) in [4.78, 5) is 43.4. The Kier molecular flexibility index (Phi) is 10.2. The van der Waals surface area contributed by atoms with Gasteiger partial charge in [0.1, 0.15) is 17.7 Å². The number of carbonyl (C=O) groups excluding carboxylic acids is 3. The summed E-state index contributed by atoms with van der Waals surface area (Å²) in [5.41, 5.74) is 2.45. The fourth-order valence-corrected chi connectivity index (χ4v) is 7.02. The Labute approximate surface area is 264 Å². The van der Waals surface area contributed by atoms with E-state index in [4.69, 9.17) is 4.98 Å². The summed E-state index contributed by atoms with van der Waals surface area (Å²) >= 11 is 0. The van der Waals surface area contributed by atoms with E-state index in [0.29, 0.717) is 29.5 Å². The van der Waals surface area contributed by atoms with Gasteiger partial charge in [0.25, 0.3) is 0 Å². The van der Waals surface area contributed by atoms with Crippen LogP contribution in [0, 0.1) is 23.1 Å². The number of anilines is 1. The quantitative estimate of drug-likeness (QED) is 0.123. The number of hydrogen-bond acceptors (Lipinski definition) is 5. The highest BCUT2D eigenvalue weighted by atomic mass is 19.1. The molecule has 0 saturated heterocycles. The van der Waals surface area contributed by atoms with E-state index in [-0.39, 0.29) is 30.2 Å². The molecule has 5 rings (SSSR count). The van der Waals surface area contributed by atoms with Crippen molar-refractivity contribution in [2.24, 2.45) is 17.3 Å². The molecule has 1 heterocycles. The summed E-state index contributed by atoms with van der Waals surface area (Å²) in [6, 6.07) is 11.5. The van der Waals surface area contributed by atoms with Gasteiger partial charge >= 0.3 is 0 Å². The first kappa shape index (κ1) is 32.6. The van der Waals surface area contributed by atoms with E-state index in [1.165, 1.54) is 18.6 Å². The summed E-state index contributed by atoms with van der Waals surface area (Å²) in [6.07, 6.45) is 10.7. The lowest BCUT2D eigenvalue weighted by Crippen LogP contribution is -2.54. The lowest BCUT2D eigenvalue weighted by Gasteiger charge is -2.32. The second-order valence-electron chi connectivity index (χ2n) is 13.9. The van der Waals surface area contributed by atoms with E-state index in [1.54, 1.807) is 12.1 Å². The van der Waals surface area contributed by atoms with Crippen molar-refractivity contribution in [3.63, 3.8) is 0 Å². The Morgan fingerprint density at radius 1 is 1.02 bits per heavy atom. The number of rotatable bonds is 11. The molecule has 10 heteroatoms. The van der Waals surface area contributed by atoms with Gasteiger partial charge in [0.05, 0.1) is 23.5 Å². The summed E-state index contributed by atoms with van der Waals surface area (Å²) in [6.45, 7) is 5.53. The van der Waals surface area contributed by atoms with Crippen LogP contribution in [-0.4, -0.2) is 50.6 Å². The number of benzene rings is 2. The molecule has 2 aliphatic carbocycles. The first-order valence-electron chi connectivity index (χ1n) is 16.3. The molecule has 3 amide bonds. The molecule has 2 fully saturated rings. The van der Waals surface area contributed by atoms with E-state index >= 15 is 0 Å². The Bertz CT molecular complexity index is 1490. The third-order valence-corrected chi connectivity index (χ3v) is 9.41. The van der Waals surface area contributed by atoms with Gasteiger partial charge in [-0.1, -0.05) is 65.7 Å². The number of nitrogens with zero attached hydrogens (tertiary/aromatic N) is 3. The Morgan fingerprint density at radius 2 is 1.69 bits per heavy atom. The van der Waals surface area contributed by atoms with Crippen LogP contribution in [0.15, 0.2) is 42.5 Å². The lowest BCUT2D eigenvalue weighted by atomic mass is 9.85. The minimum absolute atomic E-state index is 0.124. The maximum Gasteiger partial charge on any atom is 0.247 e. The smallest absolute Gasteiger partial charge is 0.247 e. The molecular formula is C35H46FN5O4. The topological polar surface area (TPSA) is 117 Å². The van der Waals surface area contributed by atoms with Crippen LogP contribution in [0.4, 0.5) is 10.1 Å². The minimum atomic E-state index is -0.871. The summed E-state index contributed by atoms with van der Waals surface area (Å²) < 4.78 is 16.0. The second kappa shape index (κ2) is 14.1. The van der Waals surface area contributed by atoms with Gasteiger partial charge in [-0.25, -0.2) is 14.4 Å². The molecule has 1 aromatic heterocycles. The highest BCUT2D eigenvalue weighted by molar-refractivity contribution is 5.99. The fraction of sp³-hybridized carbons (Fsp3) is 0.543. The predicted octanol–water partition coefficient (Wildman–Crippen LogP) is 6.86. The Hall–Kier alpha value is -3.79. The number of amides is 3. The summed E-state index contributed by atoms with van der Waals surface area (Å²) in [5.74, 6) is -0.526. The molecule has 2 atom stereocenters. The zero-order chi connectivity index (χ0) is 32.1. The third-order valence-electron chi connectivity index (χ3n) is 9.41. The number of hydroxylamine groups is 2. The number of imidazole rings is 1. The normalized spacial score (nSPS) is 17.6. The van der Waals surface area contributed by atoms with Crippen molar-refractivity contribution >= 4 is 34.9 Å². The molecule has 9 nitrogen and oxygen atoms in total. The van der Waals surface area contributed by atoms with Gasteiger partial charge in [-0.15, -0.1) is 0 Å². The van der Waals surface area contributed by atoms with Crippen LogP contribution in [0.5, 0.6) is 0 Å². The van der Waals surface area contributed by atoms with Crippen molar-refractivity contribution in [3.05, 3.63) is 48.3 Å². The lowest BCUT2D eigenvalue weighted by molar-refractivity contribution is -0.155. The van der Waals surface area contributed by atoms with Gasteiger partial charge in [0.2, 0.25) is 18.2 Å². The number of fused-ring (bicyclic) bond motifs is 1. The van der Waals surface area contributed by atoms with Gasteiger partial charge in [0.15, 0.2) is 0 Å². The largest absolute Gasteiger partial charge is 0.343 e. The molecule has 242 valence electrons. The number of nitrogens with one attached hydrogen (secondary N) is 2. The molecule has 2 saturated carbocycles. The first-order chi connectivity index (χ1) is 21.5.